The molecule has 2 N–H and O–H groups in total. The molecule has 0 amide bonds. The fourth-order valence-electron chi connectivity index (χ4n) is 1.74. The molecule has 0 saturated heterocycles. The van der Waals surface area contributed by atoms with Gasteiger partial charge in [-0.15, -0.1) is 0 Å². The largest absolute Gasteiger partial charge is 0.496 e. The summed E-state index contributed by atoms with van der Waals surface area (Å²) in [6, 6.07) is 8.02. The van der Waals surface area contributed by atoms with E-state index in [1.807, 2.05) is 0 Å². The predicted octanol–water partition coefficient (Wildman–Crippen LogP) is 4.58. The molecule has 0 radical (unpaired) electrons. The minimum Gasteiger partial charge on any atom is -0.496 e. The third-order valence-corrected chi connectivity index (χ3v) is 4.13. The van der Waals surface area contributed by atoms with Crippen molar-refractivity contribution in [3.05, 3.63) is 56.0 Å². The Morgan fingerprint density at radius 3 is 2.55 bits per heavy atom. The first kappa shape index (κ1) is 15.2. The number of methoxy groups -OCH3 is 1. The minimum absolute atomic E-state index is 0.192. The molecule has 6 heteroatoms. The van der Waals surface area contributed by atoms with Gasteiger partial charge in [0.05, 0.1) is 21.6 Å². The molecule has 2 aromatic carbocycles. The van der Waals surface area contributed by atoms with Crippen LogP contribution in [0.25, 0.3) is 0 Å². The fourth-order valence-corrected chi connectivity index (χ4v) is 2.70. The Bertz CT molecular complexity index is 689. The molecule has 0 spiro atoms. The first-order valence-electron chi connectivity index (χ1n) is 5.56. The number of anilines is 1. The number of hydrogen-bond acceptors (Lipinski definition) is 3. The zero-order chi connectivity index (χ0) is 14.9. The molecule has 3 nitrogen and oxygen atoms in total. The summed E-state index contributed by atoms with van der Waals surface area (Å²) < 4.78 is 5.80. The highest BCUT2D eigenvalue weighted by Crippen LogP contribution is 2.32. The summed E-state index contributed by atoms with van der Waals surface area (Å²) in [5.41, 5.74) is 6.81. The van der Waals surface area contributed by atoms with Crippen molar-refractivity contribution in [3.8, 4) is 5.75 Å². The van der Waals surface area contributed by atoms with Crippen LogP contribution in [-0.4, -0.2) is 12.9 Å². The van der Waals surface area contributed by atoms with Gasteiger partial charge in [-0.1, -0.05) is 23.2 Å². The van der Waals surface area contributed by atoms with E-state index in [2.05, 4.69) is 15.9 Å². The van der Waals surface area contributed by atoms with Gasteiger partial charge in [0.1, 0.15) is 5.75 Å². The number of carbonyl (C=O) groups excluding carboxylic acids is 1. The summed E-state index contributed by atoms with van der Waals surface area (Å²) in [6.45, 7) is 0. The first-order valence-corrected chi connectivity index (χ1v) is 7.11. The number of benzene rings is 2. The third kappa shape index (κ3) is 2.92. The molecule has 0 aliphatic carbocycles. The molecule has 0 saturated carbocycles. The maximum absolute atomic E-state index is 12.5. The van der Waals surface area contributed by atoms with Gasteiger partial charge in [-0.25, -0.2) is 0 Å². The predicted molar refractivity (Wildman–Crippen MR) is 85.0 cm³/mol. The van der Waals surface area contributed by atoms with E-state index < -0.39 is 0 Å². The molecule has 0 aromatic heterocycles. The molecule has 0 unspecified atom stereocenters. The standard InChI is InChI=1S/C14H10BrCl2NO2/c1-20-12-3-2-7(4-10(12)15)14(19)9-5-8(18)6-11(16)13(9)17/h2-6H,18H2,1H3. The van der Waals surface area contributed by atoms with Gasteiger partial charge < -0.3 is 10.5 Å². The Balaban J connectivity index is 2.49. The summed E-state index contributed by atoms with van der Waals surface area (Å²) in [5, 5.41) is 0.445. The lowest BCUT2D eigenvalue weighted by Gasteiger charge is -2.09. The second-order valence-electron chi connectivity index (χ2n) is 4.04. The van der Waals surface area contributed by atoms with Gasteiger partial charge in [0.2, 0.25) is 0 Å². The number of rotatable bonds is 3. The van der Waals surface area contributed by atoms with Crippen LogP contribution in [0.2, 0.25) is 10.0 Å². The highest BCUT2D eigenvalue weighted by molar-refractivity contribution is 9.10. The van der Waals surface area contributed by atoms with Crippen molar-refractivity contribution in [3.63, 3.8) is 0 Å². The Morgan fingerprint density at radius 1 is 1.25 bits per heavy atom. The van der Waals surface area contributed by atoms with Gasteiger partial charge in [-0.2, -0.15) is 0 Å². The van der Waals surface area contributed by atoms with Crippen LogP contribution < -0.4 is 10.5 Å². The zero-order valence-corrected chi connectivity index (χ0v) is 13.5. The molecule has 2 aromatic rings. The Hall–Kier alpha value is -1.23. The van der Waals surface area contributed by atoms with Crippen molar-refractivity contribution in [1.29, 1.82) is 0 Å². The number of nitrogens with two attached hydrogens (primary N) is 1. The van der Waals surface area contributed by atoms with E-state index in [4.69, 9.17) is 33.7 Å². The van der Waals surface area contributed by atoms with Crippen molar-refractivity contribution < 1.29 is 9.53 Å². The van der Waals surface area contributed by atoms with Crippen LogP contribution in [0.5, 0.6) is 5.75 Å². The van der Waals surface area contributed by atoms with Gasteiger partial charge >= 0.3 is 0 Å². The number of ketones is 1. The minimum atomic E-state index is -0.257. The van der Waals surface area contributed by atoms with Gasteiger partial charge in [0.15, 0.2) is 5.78 Å². The van der Waals surface area contributed by atoms with Crippen LogP contribution in [0.3, 0.4) is 0 Å². The lowest BCUT2D eigenvalue weighted by Crippen LogP contribution is -2.04. The molecule has 0 bridgehead atoms. The summed E-state index contributed by atoms with van der Waals surface area (Å²) in [6.07, 6.45) is 0. The van der Waals surface area contributed by atoms with E-state index in [1.54, 1.807) is 25.3 Å². The summed E-state index contributed by atoms with van der Waals surface area (Å²) in [7, 11) is 1.55. The van der Waals surface area contributed by atoms with Crippen LogP contribution in [0.1, 0.15) is 15.9 Å². The van der Waals surface area contributed by atoms with E-state index in [0.717, 1.165) is 0 Å². The lowest BCUT2D eigenvalue weighted by atomic mass is 10.0. The normalized spacial score (nSPS) is 10.4. The van der Waals surface area contributed by atoms with Crippen molar-refractivity contribution in [2.45, 2.75) is 0 Å². The molecule has 2 rings (SSSR count). The van der Waals surface area contributed by atoms with Crippen LogP contribution in [0.4, 0.5) is 5.69 Å². The topological polar surface area (TPSA) is 52.3 Å². The number of hydrogen-bond donors (Lipinski definition) is 1. The van der Waals surface area contributed by atoms with E-state index in [1.165, 1.54) is 12.1 Å². The summed E-state index contributed by atoms with van der Waals surface area (Å²) in [5.74, 6) is 0.380. The summed E-state index contributed by atoms with van der Waals surface area (Å²) in [4.78, 5) is 12.5. The molecule has 0 aliphatic rings. The second kappa shape index (κ2) is 6.04. The molecule has 20 heavy (non-hydrogen) atoms. The highest BCUT2D eigenvalue weighted by atomic mass is 79.9. The van der Waals surface area contributed by atoms with Crippen molar-refractivity contribution in [1.82, 2.24) is 0 Å². The molecular weight excluding hydrogens is 365 g/mol. The van der Waals surface area contributed by atoms with E-state index >= 15 is 0 Å². The third-order valence-electron chi connectivity index (χ3n) is 2.71. The molecule has 0 aliphatic heterocycles. The molecular formula is C14H10BrCl2NO2. The zero-order valence-electron chi connectivity index (χ0n) is 10.4. The van der Waals surface area contributed by atoms with Gasteiger partial charge in [0.25, 0.3) is 0 Å². The Morgan fingerprint density at radius 2 is 1.95 bits per heavy atom. The Labute approximate surface area is 134 Å². The molecule has 0 fully saturated rings. The highest BCUT2D eigenvalue weighted by Gasteiger charge is 2.17. The van der Waals surface area contributed by atoms with E-state index in [0.29, 0.717) is 21.5 Å². The van der Waals surface area contributed by atoms with Crippen LogP contribution in [-0.2, 0) is 0 Å². The maximum Gasteiger partial charge on any atom is 0.194 e. The van der Waals surface area contributed by atoms with Crippen LogP contribution in [0.15, 0.2) is 34.8 Å². The SMILES string of the molecule is COc1ccc(C(=O)c2cc(N)cc(Cl)c2Cl)cc1Br. The monoisotopic (exact) mass is 373 g/mol. The van der Waals surface area contributed by atoms with Crippen molar-refractivity contribution in [2.75, 3.05) is 12.8 Å². The second-order valence-corrected chi connectivity index (χ2v) is 5.68. The van der Waals surface area contributed by atoms with Gasteiger partial charge in [-0.3, -0.25) is 4.79 Å². The fraction of sp³-hybridized carbons (Fsp3) is 0.0714. The maximum atomic E-state index is 12.5. The van der Waals surface area contributed by atoms with Crippen molar-refractivity contribution >= 4 is 50.6 Å². The van der Waals surface area contributed by atoms with E-state index in [-0.39, 0.29) is 21.4 Å². The molecule has 104 valence electrons. The first-order chi connectivity index (χ1) is 9.43. The average molecular weight is 375 g/mol. The van der Waals surface area contributed by atoms with Crippen LogP contribution >= 0.6 is 39.1 Å². The lowest BCUT2D eigenvalue weighted by molar-refractivity contribution is 0.103. The van der Waals surface area contributed by atoms with E-state index in [9.17, 15) is 4.79 Å². The van der Waals surface area contributed by atoms with Gasteiger partial charge in [-0.05, 0) is 46.3 Å². The smallest absolute Gasteiger partial charge is 0.194 e. The molecule has 0 atom stereocenters. The number of halogens is 3. The number of carbonyl (C=O) groups is 1. The average Bonchev–Trinajstić information content (AvgIpc) is 2.42. The Kier molecular flexibility index (Phi) is 4.58. The number of ether oxygens (including phenoxy) is 1. The van der Waals surface area contributed by atoms with Gasteiger partial charge in [0, 0.05) is 16.8 Å². The van der Waals surface area contributed by atoms with Crippen LogP contribution in [0, 0.1) is 0 Å². The summed E-state index contributed by atoms with van der Waals surface area (Å²) >= 11 is 15.3. The molecule has 0 heterocycles. The van der Waals surface area contributed by atoms with Crippen molar-refractivity contribution in [2.24, 2.45) is 0 Å². The number of nitrogen functional groups attached to an aromatic ring is 1. The quantitative estimate of drug-likeness (QED) is 0.632.